The summed E-state index contributed by atoms with van der Waals surface area (Å²) in [6, 6.07) is 32.5. The van der Waals surface area contributed by atoms with Gasteiger partial charge in [0.2, 0.25) is 0 Å². The van der Waals surface area contributed by atoms with Crippen LogP contribution in [0.25, 0.3) is 0 Å². The molecule has 0 unspecified atom stereocenters. The van der Waals surface area contributed by atoms with E-state index in [2.05, 4.69) is 0 Å². The minimum Gasteiger partial charge on any atom is -0.497 e. The minimum absolute atomic E-state index is 0.197. The molecular weight excluding hydrogens is 444 g/mol. The Balaban J connectivity index is 1.73. The number of methoxy groups -OCH3 is 1. The maximum Gasteiger partial charge on any atom is 0.186 e. The summed E-state index contributed by atoms with van der Waals surface area (Å²) < 4.78 is 33.3. The van der Waals surface area contributed by atoms with Crippen molar-refractivity contribution in [2.24, 2.45) is 5.92 Å². The highest BCUT2D eigenvalue weighted by atomic mass is 32.2. The first-order chi connectivity index (χ1) is 16.5. The minimum atomic E-state index is -3.85. The quantitative estimate of drug-likeness (QED) is 0.333. The molecule has 5 rings (SSSR count). The largest absolute Gasteiger partial charge is 0.497 e. The van der Waals surface area contributed by atoms with Gasteiger partial charge in [0.1, 0.15) is 11.0 Å². The van der Waals surface area contributed by atoms with Gasteiger partial charge in [-0.25, -0.2) is 8.42 Å². The molecular formula is C29H24O4S. The van der Waals surface area contributed by atoms with Crippen LogP contribution in [0.15, 0.2) is 114 Å². The van der Waals surface area contributed by atoms with Crippen molar-refractivity contribution >= 4 is 15.6 Å². The maximum absolute atomic E-state index is 14.1. The number of rotatable bonds is 6. The van der Waals surface area contributed by atoms with Gasteiger partial charge in [-0.15, -0.1) is 0 Å². The Morgan fingerprint density at radius 1 is 0.706 bits per heavy atom. The number of benzene rings is 4. The first kappa shape index (κ1) is 22.1. The second kappa shape index (κ2) is 8.92. The van der Waals surface area contributed by atoms with E-state index in [4.69, 9.17) is 4.74 Å². The third-order valence-electron chi connectivity index (χ3n) is 6.56. The molecule has 34 heavy (non-hydrogen) atoms. The number of carbonyl (C=O) groups is 1. The van der Waals surface area contributed by atoms with E-state index in [1.54, 1.807) is 61.7 Å². The number of Topliss-reactive ketones (excluding diaryl/α,β-unsaturated/α-hetero) is 1. The summed E-state index contributed by atoms with van der Waals surface area (Å²) in [6.45, 7) is 0. The predicted octanol–water partition coefficient (Wildman–Crippen LogP) is 5.85. The Morgan fingerprint density at radius 3 is 1.88 bits per heavy atom. The Kier molecular flexibility index (Phi) is 5.80. The molecule has 4 nitrogen and oxygen atoms in total. The van der Waals surface area contributed by atoms with Crippen LogP contribution in [0.4, 0.5) is 0 Å². The van der Waals surface area contributed by atoms with Crippen LogP contribution >= 0.6 is 0 Å². The highest BCUT2D eigenvalue weighted by Gasteiger charge is 2.51. The van der Waals surface area contributed by atoms with Crippen molar-refractivity contribution in [3.05, 3.63) is 131 Å². The lowest BCUT2D eigenvalue weighted by molar-refractivity contribution is 0.0911. The number of hydrogen-bond acceptors (Lipinski definition) is 4. The standard InChI is InChI=1S/C29H24O4S/c1-33-22-18-16-21(17-19-22)28(30)27-26(20-10-4-2-5-11-20)24-14-8-9-15-25(24)29(27)34(31,32)23-12-6-3-7-13-23/h2-19,26-27,29H,1H3/t26-,27-,29+/m1/s1. The van der Waals surface area contributed by atoms with E-state index in [-0.39, 0.29) is 16.6 Å². The molecule has 1 aliphatic rings. The van der Waals surface area contributed by atoms with E-state index in [1.807, 2.05) is 54.6 Å². The van der Waals surface area contributed by atoms with Crippen LogP contribution in [0.2, 0.25) is 0 Å². The highest BCUT2D eigenvalue weighted by Crippen LogP contribution is 2.54. The molecule has 0 radical (unpaired) electrons. The van der Waals surface area contributed by atoms with E-state index < -0.39 is 21.0 Å². The van der Waals surface area contributed by atoms with Crippen LogP contribution in [0, 0.1) is 5.92 Å². The smallest absolute Gasteiger partial charge is 0.186 e. The fourth-order valence-electron chi connectivity index (χ4n) is 5.02. The zero-order valence-electron chi connectivity index (χ0n) is 18.7. The van der Waals surface area contributed by atoms with Gasteiger partial charge < -0.3 is 4.74 Å². The highest BCUT2D eigenvalue weighted by molar-refractivity contribution is 7.91. The summed E-state index contributed by atoms with van der Waals surface area (Å²) in [7, 11) is -2.29. The second-order valence-corrected chi connectivity index (χ2v) is 10.5. The van der Waals surface area contributed by atoms with Crippen molar-refractivity contribution in [2.45, 2.75) is 16.1 Å². The zero-order valence-corrected chi connectivity index (χ0v) is 19.5. The fraction of sp³-hybridized carbons (Fsp3) is 0.138. The topological polar surface area (TPSA) is 60.4 Å². The van der Waals surface area contributed by atoms with Gasteiger partial charge in [-0.3, -0.25) is 4.79 Å². The van der Waals surface area contributed by atoms with Crippen LogP contribution < -0.4 is 4.74 Å². The molecule has 0 heterocycles. The van der Waals surface area contributed by atoms with Crippen molar-refractivity contribution < 1.29 is 17.9 Å². The summed E-state index contributed by atoms with van der Waals surface area (Å²) in [5.41, 5.74) is 2.96. The summed E-state index contributed by atoms with van der Waals surface area (Å²) >= 11 is 0. The Labute approximate surface area is 199 Å². The Bertz CT molecular complexity index is 1410. The Hall–Kier alpha value is -3.70. The first-order valence-electron chi connectivity index (χ1n) is 11.1. The maximum atomic E-state index is 14.1. The normalized spacial score (nSPS) is 19.4. The van der Waals surface area contributed by atoms with Crippen LogP contribution in [-0.4, -0.2) is 21.3 Å². The van der Waals surface area contributed by atoms with Gasteiger partial charge in [-0.05, 0) is 53.1 Å². The molecule has 0 fully saturated rings. The number of ether oxygens (including phenoxy) is 1. The van der Waals surface area contributed by atoms with E-state index in [0.717, 1.165) is 11.1 Å². The molecule has 0 spiro atoms. The number of ketones is 1. The van der Waals surface area contributed by atoms with Gasteiger partial charge in [0.25, 0.3) is 0 Å². The lowest BCUT2D eigenvalue weighted by Gasteiger charge is -2.25. The van der Waals surface area contributed by atoms with Crippen molar-refractivity contribution in [1.29, 1.82) is 0 Å². The molecule has 0 aromatic heterocycles. The molecule has 4 aromatic carbocycles. The molecule has 0 amide bonds. The van der Waals surface area contributed by atoms with E-state index in [0.29, 0.717) is 16.9 Å². The molecule has 3 atom stereocenters. The summed E-state index contributed by atoms with van der Waals surface area (Å²) in [4.78, 5) is 14.3. The van der Waals surface area contributed by atoms with Crippen molar-refractivity contribution in [3.8, 4) is 5.75 Å². The second-order valence-electron chi connectivity index (χ2n) is 8.41. The van der Waals surface area contributed by atoms with Gasteiger partial charge in [0, 0.05) is 11.5 Å². The molecule has 0 aliphatic heterocycles. The van der Waals surface area contributed by atoms with Crippen LogP contribution in [0.3, 0.4) is 0 Å². The summed E-state index contributed by atoms with van der Waals surface area (Å²) in [5.74, 6) is -0.745. The molecule has 0 saturated carbocycles. The van der Waals surface area contributed by atoms with Crippen LogP contribution in [-0.2, 0) is 9.84 Å². The van der Waals surface area contributed by atoms with Gasteiger partial charge in [-0.2, -0.15) is 0 Å². The van der Waals surface area contributed by atoms with E-state index in [1.165, 1.54) is 0 Å². The third-order valence-corrected chi connectivity index (χ3v) is 8.71. The number of hydrogen-bond donors (Lipinski definition) is 0. The van der Waals surface area contributed by atoms with Gasteiger partial charge in [0.05, 0.1) is 17.9 Å². The number of sulfone groups is 1. The fourth-order valence-corrected chi connectivity index (χ4v) is 7.06. The van der Waals surface area contributed by atoms with Crippen molar-refractivity contribution in [3.63, 3.8) is 0 Å². The zero-order chi connectivity index (χ0) is 23.7. The lowest BCUT2D eigenvalue weighted by Crippen LogP contribution is -2.28. The third kappa shape index (κ3) is 3.72. The number of fused-ring (bicyclic) bond motifs is 1. The summed E-state index contributed by atoms with van der Waals surface area (Å²) in [6.07, 6.45) is 0. The Morgan fingerprint density at radius 2 is 1.26 bits per heavy atom. The van der Waals surface area contributed by atoms with Gasteiger partial charge in [0.15, 0.2) is 15.6 Å². The molecule has 4 aromatic rings. The first-order valence-corrected chi connectivity index (χ1v) is 12.7. The van der Waals surface area contributed by atoms with Gasteiger partial charge in [-0.1, -0.05) is 72.8 Å². The average molecular weight is 469 g/mol. The number of carbonyl (C=O) groups excluding carboxylic acids is 1. The molecule has 5 heteroatoms. The molecule has 170 valence electrons. The average Bonchev–Trinajstić information content (AvgIpc) is 3.25. The van der Waals surface area contributed by atoms with Crippen molar-refractivity contribution in [2.75, 3.05) is 7.11 Å². The van der Waals surface area contributed by atoms with E-state index >= 15 is 0 Å². The monoisotopic (exact) mass is 468 g/mol. The molecule has 1 aliphatic carbocycles. The van der Waals surface area contributed by atoms with Crippen molar-refractivity contribution in [1.82, 2.24) is 0 Å². The summed E-state index contributed by atoms with van der Waals surface area (Å²) in [5, 5.41) is -0.995. The van der Waals surface area contributed by atoms with Crippen LogP contribution in [0.1, 0.15) is 38.2 Å². The predicted molar refractivity (Wildman–Crippen MR) is 132 cm³/mol. The molecule has 0 saturated heterocycles. The van der Waals surface area contributed by atoms with E-state index in [9.17, 15) is 13.2 Å². The lowest BCUT2D eigenvalue weighted by atomic mass is 9.81. The molecule has 0 N–H and O–H groups in total. The van der Waals surface area contributed by atoms with Crippen LogP contribution in [0.5, 0.6) is 5.75 Å². The van der Waals surface area contributed by atoms with Gasteiger partial charge >= 0.3 is 0 Å². The SMILES string of the molecule is COc1ccc(C(=O)[C@H]2[C@H](c3ccccc3)c3ccccc3[C@@H]2S(=O)(=O)c2ccccc2)cc1. The molecule has 0 bridgehead atoms.